The highest BCUT2D eigenvalue weighted by Gasteiger charge is 2.01. The van der Waals surface area contributed by atoms with Crippen molar-refractivity contribution in [2.45, 2.75) is 23.1 Å². The summed E-state index contributed by atoms with van der Waals surface area (Å²) in [7, 11) is 0. The van der Waals surface area contributed by atoms with Crippen LogP contribution in [0.4, 0.5) is 5.69 Å². The van der Waals surface area contributed by atoms with E-state index in [1.54, 1.807) is 11.8 Å². The first kappa shape index (κ1) is 15.4. The smallest absolute Gasteiger partial charge is 0.234 e. The lowest BCUT2D eigenvalue weighted by Gasteiger charge is -2.06. The molecular weight excluding hydrogens is 381 g/mol. The van der Waals surface area contributed by atoms with E-state index in [2.05, 4.69) is 59.1 Å². The first-order valence-electron chi connectivity index (χ1n) is 6.44. The first-order chi connectivity index (χ1) is 9.71. The van der Waals surface area contributed by atoms with Crippen molar-refractivity contribution in [1.82, 2.24) is 0 Å². The van der Waals surface area contributed by atoms with Gasteiger partial charge in [0.2, 0.25) is 5.91 Å². The monoisotopic (exact) mass is 397 g/mol. The normalized spacial score (nSPS) is 10.3. The summed E-state index contributed by atoms with van der Waals surface area (Å²) in [4.78, 5) is 13.7. The topological polar surface area (TPSA) is 29.1 Å². The molecular formula is C16H16INOS. The van der Waals surface area contributed by atoms with Crippen molar-refractivity contribution < 1.29 is 4.79 Å². The van der Waals surface area contributed by atoms with Crippen LogP contribution in [-0.2, 0) is 11.2 Å². The van der Waals surface area contributed by atoms with E-state index in [-0.39, 0.29) is 5.91 Å². The van der Waals surface area contributed by atoms with Gasteiger partial charge in [-0.25, -0.2) is 0 Å². The van der Waals surface area contributed by atoms with Crippen LogP contribution < -0.4 is 5.32 Å². The van der Waals surface area contributed by atoms with Crippen LogP contribution in [0.2, 0.25) is 0 Å². The summed E-state index contributed by atoms with van der Waals surface area (Å²) < 4.78 is 0.470. The molecule has 2 rings (SSSR count). The van der Waals surface area contributed by atoms with E-state index in [1.807, 2.05) is 24.3 Å². The Bertz CT molecular complexity index is 566. The molecule has 0 saturated heterocycles. The minimum Gasteiger partial charge on any atom is -0.325 e. The maximum atomic E-state index is 11.3. The second-order valence-corrected chi connectivity index (χ2v) is 6.22. The van der Waals surface area contributed by atoms with E-state index in [0.29, 0.717) is 4.43 Å². The Balaban J connectivity index is 2.00. The predicted molar refractivity (Wildman–Crippen MR) is 93.9 cm³/mol. The minimum atomic E-state index is 0.0288. The Labute approximate surface area is 137 Å². The Morgan fingerprint density at radius 2 is 1.60 bits per heavy atom. The summed E-state index contributed by atoms with van der Waals surface area (Å²) in [6.45, 7) is 2.16. The molecule has 2 nitrogen and oxygen atoms in total. The molecule has 0 unspecified atom stereocenters. The largest absolute Gasteiger partial charge is 0.325 e. The molecule has 104 valence electrons. The Morgan fingerprint density at radius 3 is 2.10 bits per heavy atom. The van der Waals surface area contributed by atoms with Crippen molar-refractivity contribution in [2.24, 2.45) is 0 Å². The molecule has 4 heteroatoms. The molecule has 1 N–H and O–H groups in total. The third-order valence-corrected chi connectivity index (χ3v) is 4.54. The van der Waals surface area contributed by atoms with Gasteiger partial charge in [-0.2, -0.15) is 0 Å². The van der Waals surface area contributed by atoms with Crippen LogP contribution in [0.3, 0.4) is 0 Å². The fraction of sp³-hybridized carbons (Fsp3) is 0.188. The molecule has 0 aliphatic carbocycles. The Hall–Kier alpha value is -1.01. The number of hydrogen-bond donors (Lipinski definition) is 1. The molecule has 1 amide bonds. The molecule has 0 saturated carbocycles. The molecule has 2 aromatic rings. The van der Waals surface area contributed by atoms with Gasteiger partial charge in [0.1, 0.15) is 0 Å². The first-order valence-corrected chi connectivity index (χ1v) is 8.78. The van der Waals surface area contributed by atoms with Gasteiger partial charge in [0.05, 0.1) is 4.43 Å². The number of amides is 1. The SMILES string of the molecule is CCc1ccc(Sc2ccc(NC(=O)CI)cc2)cc1. The number of aryl methyl sites for hydroxylation is 1. The summed E-state index contributed by atoms with van der Waals surface area (Å²) in [6, 6.07) is 16.6. The summed E-state index contributed by atoms with van der Waals surface area (Å²) in [5.41, 5.74) is 2.20. The van der Waals surface area contributed by atoms with Crippen LogP contribution in [0.5, 0.6) is 0 Å². The lowest BCUT2D eigenvalue weighted by Crippen LogP contribution is -2.11. The van der Waals surface area contributed by atoms with Crippen LogP contribution in [0.15, 0.2) is 58.3 Å². The third-order valence-electron chi connectivity index (χ3n) is 2.83. The van der Waals surface area contributed by atoms with Crippen LogP contribution in [0.25, 0.3) is 0 Å². The number of halogens is 1. The maximum absolute atomic E-state index is 11.3. The van der Waals surface area contributed by atoms with Gasteiger partial charge in [0.25, 0.3) is 0 Å². The molecule has 0 bridgehead atoms. The zero-order valence-electron chi connectivity index (χ0n) is 11.2. The number of hydrogen-bond acceptors (Lipinski definition) is 2. The number of carbonyl (C=O) groups is 1. The van der Waals surface area contributed by atoms with Gasteiger partial charge in [-0.1, -0.05) is 53.4 Å². The molecule has 20 heavy (non-hydrogen) atoms. The average Bonchev–Trinajstić information content (AvgIpc) is 2.50. The Morgan fingerprint density at radius 1 is 1.05 bits per heavy atom. The number of alkyl halides is 1. The summed E-state index contributed by atoms with van der Waals surface area (Å²) >= 11 is 3.78. The van der Waals surface area contributed by atoms with E-state index >= 15 is 0 Å². The van der Waals surface area contributed by atoms with Crippen molar-refractivity contribution in [3.63, 3.8) is 0 Å². The molecule has 0 heterocycles. The van der Waals surface area contributed by atoms with E-state index in [1.165, 1.54) is 15.4 Å². The second-order valence-electron chi connectivity index (χ2n) is 4.31. The highest BCUT2D eigenvalue weighted by molar-refractivity contribution is 14.1. The van der Waals surface area contributed by atoms with Crippen molar-refractivity contribution in [1.29, 1.82) is 0 Å². The summed E-state index contributed by atoms with van der Waals surface area (Å²) in [5, 5.41) is 2.84. The Kier molecular flexibility index (Phi) is 5.91. The van der Waals surface area contributed by atoms with Gasteiger partial charge in [-0.3, -0.25) is 4.79 Å². The number of benzene rings is 2. The third kappa shape index (κ3) is 4.52. The molecule has 0 spiro atoms. The number of rotatable bonds is 5. The molecule has 0 aliphatic rings. The average molecular weight is 397 g/mol. The van der Waals surface area contributed by atoms with Gasteiger partial charge in [-0.15, -0.1) is 0 Å². The van der Waals surface area contributed by atoms with Crippen LogP contribution in [0.1, 0.15) is 12.5 Å². The molecule has 0 fully saturated rings. The van der Waals surface area contributed by atoms with Gasteiger partial charge in [-0.05, 0) is 48.4 Å². The van der Waals surface area contributed by atoms with Crippen LogP contribution in [0, 0.1) is 0 Å². The van der Waals surface area contributed by atoms with Gasteiger partial charge in [0.15, 0.2) is 0 Å². The lowest BCUT2D eigenvalue weighted by atomic mass is 10.2. The van der Waals surface area contributed by atoms with Crippen molar-refractivity contribution in [2.75, 3.05) is 9.74 Å². The van der Waals surface area contributed by atoms with Crippen molar-refractivity contribution >= 4 is 45.9 Å². The fourth-order valence-electron chi connectivity index (χ4n) is 1.73. The zero-order valence-corrected chi connectivity index (χ0v) is 14.2. The van der Waals surface area contributed by atoms with Gasteiger partial charge in [0, 0.05) is 15.5 Å². The standard InChI is InChI=1S/C16H16INOS/c1-2-12-3-7-14(8-4-12)20-15-9-5-13(6-10-15)18-16(19)11-17/h3-10H,2,11H2,1H3,(H,18,19). The summed E-state index contributed by atoms with van der Waals surface area (Å²) in [5.74, 6) is 0.0288. The minimum absolute atomic E-state index is 0.0288. The molecule has 0 aromatic heterocycles. The zero-order chi connectivity index (χ0) is 14.4. The van der Waals surface area contributed by atoms with Crippen molar-refractivity contribution in [3.8, 4) is 0 Å². The van der Waals surface area contributed by atoms with Crippen LogP contribution in [-0.4, -0.2) is 10.3 Å². The summed E-state index contributed by atoms with van der Waals surface area (Å²) in [6.07, 6.45) is 1.07. The second kappa shape index (κ2) is 7.69. The number of nitrogens with one attached hydrogen (secondary N) is 1. The highest BCUT2D eigenvalue weighted by atomic mass is 127. The van der Waals surface area contributed by atoms with E-state index in [4.69, 9.17) is 0 Å². The van der Waals surface area contributed by atoms with Gasteiger partial charge < -0.3 is 5.32 Å². The fourth-order valence-corrected chi connectivity index (χ4v) is 2.74. The van der Waals surface area contributed by atoms with Crippen molar-refractivity contribution in [3.05, 3.63) is 54.1 Å². The molecule has 0 atom stereocenters. The number of carbonyl (C=O) groups excluding carboxylic acids is 1. The van der Waals surface area contributed by atoms with Crippen LogP contribution >= 0.6 is 34.4 Å². The highest BCUT2D eigenvalue weighted by Crippen LogP contribution is 2.28. The quantitative estimate of drug-likeness (QED) is 0.582. The van der Waals surface area contributed by atoms with Gasteiger partial charge >= 0.3 is 0 Å². The molecule has 0 aliphatic heterocycles. The van der Waals surface area contributed by atoms with E-state index in [0.717, 1.165) is 12.1 Å². The number of anilines is 1. The maximum Gasteiger partial charge on any atom is 0.234 e. The molecule has 0 radical (unpaired) electrons. The van der Waals surface area contributed by atoms with E-state index in [9.17, 15) is 4.79 Å². The predicted octanol–water partition coefficient (Wildman–Crippen LogP) is 4.77. The lowest BCUT2D eigenvalue weighted by molar-refractivity contribution is -0.113. The van der Waals surface area contributed by atoms with E-state index < -0.39 is 0 Å². The molecule has 2 aromatic carbocycles.